The summed E-state index contributed by atoms with van der Waals surface area (Å²) in [6.45, 7) is 4.03. The molecule has 0 saturated heterocycles. The molecular formula is C22H22ClN3O2. The average molecular weight is 396 g/mol. The Hall–Kier alpha value is -3.05. The summed E-state index contributed by atoms with van der Waals surface area (Å²) in [6, 6.07) is 17.1. The first-order valence-electron chi connectivity index (χ1n) is 8.87. The maximum atomic E-state index is 12.1. The number of benzene rings is 2. The maximum Gasteiger partial charge on any atom is 0.244 e. The smallest absolute Gasteiger partial charge is 0.244 e. The van der Waals surface area contributed by atoms with Crippen LogP contribution in [0, 0.1) is 13.8 Å². The van der Waals surface area contributed by atoms with Crippen molar-refractivity contribution >= 4 is 23.7 Å². The number of nitrogens with one attached hydrogen (secondary N) is 1. The normalized spacial score (nSPS) is 11.0. The third-order valence-electron chi connectivity index (χ3n) is 4.45. The van der Waals surface area contributed by atoms with Crippen LogP contribution in [0.25, 0.3) is 5.69 Å². The Balaban J connectivity index is 1.67. The Bertz CT molecular complexity index is 1010. The number of ether oxygens (including phenoxy) is 1. The monoisotopic (exact) mass is 395 g/mol. The van der Waals surface area contributed by atoms with Gasteiger partial charge >= 0.3 is 0 Å². The molecule has 0 saturated carbocycles. The molecule has 1 heterocycles. The zero-order valence-corrected chi connectivity index (χ0v) is 16.8. The Kier molecular flexibility index (Phi) is 6.16. The van der Waals surface area contributed by atoms with Gasteiger partial charge in [0, 0.05) is 27.7 Å². The van der Waals surface area contributed by atoms with Gasteiger partial charge in [0.1, 0.15) is 5.75 Å². The summed E-state index contributed by atoms with van der Waals surface area (Å²) >= 11 is 6.11. The van der Waals surface area contributed by atoms with E-state index >= 15 is 0 Å². The minimum absolute atomic E-state index is 0.176. The molecule has 28 heavy (non-hydrogen) atoms. The van der Waals surface area contributed by atoms with E-state index in [2.05, 4.69) is 15.1 Å². The van der Waals surface area contributed by atoms with Gasteiger partial charge < -0.3 is 9.30 Å². The molecule has 1 N–H and O–H groups in total. The van der Waals surface area contributed by atoms with Crippen LogP contribution in [0.4, 0.5) is 0 Å². The Morgan fingerprint density at radius 3 is 2.61 bits per heavy atom. The number of carbonyl (C=O) groups excluding carboxylic acids is 1. The highest BCUT2D eigenvalue weighted by Crippen LogP contribution is 2.22. The molecule has 0 radical (unpaired) electrons. The van der Waals surface area contributed by atoms with Gasteiger partial charge in [-0.05, 0) is 55.8 Å². The Labute approximate surface area is 169 Å². The molecule has 0 aliphatic heterocycles. The van der Waals surface area contributed by atoms with Crippen molar-refractivity contribution in [2.24, 2.45) is 5.10 Å². The molecule has 0 bridgehead atoms. The summed E-state index contributed by atoms with van der Waals surface area (Å²) in [4.78, 5) is 12.1. The summed E-state index contributed by atoms with van der Waals surface area (Å²) in [5, 5.41) is 4.80. The lowest BCUT2D eigenvalue weighted by Crippen LogP contribution is -2.19. The van der Waals surface area contributed by atoms with Crippen LogP contribution in [-0.2, 0) is 11.2 Å². The third-order valence-corrected chi connectivity index (χ3v) is 4.69. The highest BCUT2D eigenvalue weighted by Gasteiger charge is 2.10. The zero-order valence-electron chi connectivity index (χ0n) is 16.1. The number of carbonyl (C=O) groups is 1. The highest BCUT2D eigenvalue weighted by atomic mass is 35.5. The summed E-state index contributed by atoms with van der Waals surface area (Å²) in [6.07, 6.45) is 1.91. The first kappa shape index (κ1) is 19.7. The topological polar surface area (TPSA) is 55.6 Å². The molecule has 1 amide bonds. The molecule has 5 nitrogen and oxygen atoms in total. The fraction of sp³-hybridized carbons (Fsp3) is 0.182. The van der Waals surface area contributed by atoms with E-state index in [-0.39, 0.29) is 12.3 Å². The predicted molar refractivity (Wildman–Crippen MR) is 113 cm³/mol. The minimum Gasteiger partial charge on any atom is -0.497 e. The lowest BCUT2D eigenvalue weighted by molar-refractivity contribution is -0.120. The van der Waals surface area contributed by atoms with Gasteiger partial charge in [-0.3, -0.25) is 4.79 Å². The van der Waals surface area contributed by atoms with Crippen LogP contribution < -0.4 is 10.2 Å². The molecule has 144 valence electrons. The summed E-state index contributed by atoms with van der Waals surface area (Å²) in [5.74, 6) is 0.585. The second kappa shape index (κ2) is 8.76. The molecule has 6 heteroatoms. The second-order valence-corrected chi connectivity index (χ2v) is 6.90. The molecule has 0 aliphatic carbocycles. The number of amides is 1. The van der Waals surface area contributed by atoms with E-state index in [0.29, 0.717) is 5.02 Å². The van der Waals surface area contributed by atoms with Gasteiger partial charge in [-0.15, -0.1) is 0 Å². The Morgan fingerprint density at radius 2 is 1.93 bits per heavy atom. The molecule has 3 aromatic rings. The molecule has 3 rings (SSSR count). The lowest BCUT2D eigenvalue weighted by Gasteiger charge is -2.09. The summed E-state index contributed by atoms with van der Waals surface area (Å²) in [5.41, 5.74) is 7.48. The minimum atomic E-state index is -0.176. The van der Waals surface area contributed by atoms with Crippen LogP contribution in [0.3, 0.4) is 0 Å². The largest absolute Gasteiger partial charge is 0.497 e. The molecular weight excluding hydrogens is 374 g/mol. The number of halogens is 1. The van der Waals surface area contributed by atoms with Gasteiger partial charge in [0.2, 0.25) is 5.91 Å². The van der Waals surface area contributed by atoms with E-state index < -0.39 is 0 Å². The summed E-state index contributed by atoms with van der Waals surface area (Å²) in [7, 11) is 1.61. The van der Waals surface area contributed by atoms with Crippen molar-refractivity contribution in [3.05, 3.63) is 82.1 Å². The van der Waals surface area contributed by atoms with Crippen LogP contribution in [0.2, 0.25) is 5.02 Å². The van der Waals surface area contributed by atoms with Crippen molar-refractivity contribution in [3.8, 4) is 11.4 Å². The van der Waals surface area contributed by atoms with Crippen LogP contribution >= 0.6 is 11.6 Å². The van der Waals surface area contributed by atoms with Crippen molar-refractivity contribution in [1.82, 2.24) is 9.99 Å². The number of rotatable bonds is 6. The van der Waals surface area contributed by atoms with Crippen LogP contribution in [0.5, 0.6) is 5.75 Å². The first-order valence-corrected chi connectivity index (χ1v) is 9.25. The van der Waals surface area contributed by atoms with E-state index in [0.717, 1.165) is 34.0 Å². The van der Waals surface area contributed by atoms with Crippen molar-refractivity contribution in [2.75, 3.05) is 7.11 Å². The number of methoxy groups -OCH3 is 1. The molecule has 0 atom stereocenters. The number of nitrogens with zero attached hydrogens (tertiary/aromatic N) is 2. The fourth-order valence-electron chi connectivity index (χ4n) is 3.07. The van der Waals surface area contributed by atoms with Crippen LogP contribution in [0.15, 0.2) is 59.7 Å². The number of aryl methyl sites for hydroxylation is 1. The number of hydrogen-bond acceptors (Lipinski definition) is 3. The Morgan fingerprint density at radius 1 is 1.18 bits per heavy atom. The SMILES string of the molecule is COc1ccc(CC(=O)N/N=C\c2cc(C)n(-c3cccc(Cl)c3)c2C)cc1. The van der Waals surface area contributed by atoms with Crippen LogP contribution in [0.1, 0.15) is 22.5 Å². The molecule has 0 unspecified atom stereocenters. The van der Waals surface area contributed by atoms with Gasteiger partial charge in [-0.1, -0.05) is 29.8 Å². The predicted octanol–water partition coefficient (Wildman–Crippen LogP) is 4.45. The van der Waals surface area contributed by atoms with E-state index in [1.54, 1.807) is 13.3 Å². The standard InChI is InChI=1S/C22H22ClN3O2/c1-15-11-18(16(2)26(15)20-6-4-5-19(23)13-20)14-24-25-22(27)12-17-7-9-21(28-3)10-8-17/h4-11,13-14H,12H2,1-3H3,(H,25,27)/b24-14-. The zero-order chi connectivity index (χ0) is 20.1. The van der Waals surface area contributed by atoms with E-state index in [1.807, 2.05) is 68.4 Å². The number of hydrogen-bond donors (Lipinski definition) is 1. The lowest BCUT2D eigenvalue weighted by atomic mass is 10.1. The number of aromatic nitrogens is 1. The van der Waals surface area contributed by atoms with Crippen molar-refractivity contribution in [3.63, 3.8) is 0 Å². The third kappa shape index (κ3) is 4.61. The van der Waals surface area contributed by atoms with Crippen molar-refractivity contribution in [2.45, 2.75) is 20.3 Å². The molecule has 2 aromatic carbocycles. The summed E-state index contributed by atoms with van der Waals surface area (Å²) < 4.78 is 7.22. The van der Waals surface area contributed by atoms with Crippen molar-refractivity contribution < 1.29 is 9.53 Å². The van der Waals surface area contributed by atoms with Gasteiger partial charge in [0.25, 0.3) is 0 Å². The van der Waals surface area contributed by atoms with E-state index in [9.17, 15) is 4.79 Å². The van der Waals surface area contributed by atoms with Crippen LogP contribution in [-0.4, -0.2) is 23.8 Å². The van der Waals surface area contributed by atoms with Crippen molar-refractivity contribution in [1.29, 1.82) is 0 Å². The van der Waals surface area contributed by atoms with Gasteiger partial charge in [-0.2, -0.15) is 5.10 Å². The van der Waals surface area contributed by atoms with E-state index in [1.165, 1.54) is 0 Å². The number of hydrazone groups is 1. The van der Waals surface area contributed by atoms with Gasteiger partial charge in [0.15, 0.2) is 0 Å². The molecule has 1 aromatic heterocycles. The highest BCUT2D eigenvalue weighted by molar-refractivity contribution is 6.30. The van der Waals surface area contributed by atoms with Gasteiger partial charge in [-0.25, -0.2) is 5.43 Å². The quantitative estimate of drug-likeness (QED) is 0.495. The fourth-order valence-corrected chi connectivity index (χ4v) is 3.26. The average Bonchev–Trinajstić information content (AvgIpc) is 2.96. The van der Waals surface area contributed by atoms with Gasteiger partial charge in [0.05, 0.1) is 19.7 Å². The molecule has 0 aliphatic rings. The van der Waals surface area contributed by atoms with E-state index in [4.69, 9.17) is 16.3 Å². The second-order valence-electron chi connectivity index (χ2n) is 6.46. The molecule has 0 fully saturated rings. The molecule has 0 spiro atoms. The maximum absolute atomic E-state index is 12.1. The first-order chi connectivity index (χ1) is 13.5.